The Kier molecular flexibility index (Phi) is 5.58. The van der Waals surface area contributed by atoms with Crippen LogP contribution < -0.4 is 11.0 Å². The molecule has 0 radical (unpaired) electrons. The number of nitrogens with zero attached hydrogens (tertiary/aromatic N) is 3. The highest BCUT2D eigenvalue weighted by Gasteiger charge is 2.30. The molecule has 1 aromatic heterocycles. The van der Waals surface area contributed by atoms with E-state index in [9.17, 15) is 22.8 Å². The molecule has 1 aromatic carbocycles. The molecule has 6 nitrogen and oxygen atoms in total. The standard InChI is InChI=1S/C17H21F3N4O2/c1-10(2)15(12-5-7-13(8-6-12)17(18,19)20)21-14(25)9-24-16(26)23(4)11(3)22-24/h5-8,10,15H,9H2,1-4H3,(H,21,25). The lowest BCUT2D eigenvalue weighted by atomic mass is 9.95. The van der Waals surface area contributed by atoms with E-state index in [2.05, 4.69) is 10.4 Å². The summed E-state index contributed by atoms with van der Waals surface area (Å²) in [6, 6.07) is 4.20. The average Bonchev–Trinajstić information content (AvgIpc) is 2.79. The van der Waals surface area contributed by atoms with E-state index in [-0.39, 0.29) is 12.5 Å². The Morgan fingerprint density at radius 2 is 1.81 bits per heavy atom. The van der Waals surface area contributed by atoms with Crippen LogP contribution in [0.1, 0.15) is 36.8 Å². The molecule has 0 spiro atoms. The highest BCUT2D eigenvalue weighted by atomic mass is 19.4. The van der Waals surface area contributed by atoms with Gasteiger partial charge in [0.25, 0.3) is 0 Å². The van der Waals surface area contributed by atoms with Gasteiger partial charge in [0.2, 0.25) is 5.91 Å². The molecular formula is C17H21F3N4O2. The molecule has 26 heavy (non-hydrogen) atoms. The third-order valence-corrected chi connectivity index (χ3v) is 4.13. The molecule has 1 N–H and O–H groups in total. The quantitative estimate of drug-likeness (QED) is 0.879. The number of alkyl halides is 3. The van der Waals surface area contributed by atoms with Crippen molar-refractivity contribution in [3.05, 3.63) is 51.7 Å². The zero-order chi connectivity index (χ0) is 19.6. The Balaban J connectivity index is 2.16. The van der Waals surface area contributed by atoms with Gasteiger partial charge in [0.05, 0.1) is 11.6 Å². The largest absolute Gasteiger partial charge is 0.416 e. The van der Waals surface area contributed by atoms with Gasteiger partial charge in [-0.1, -0.05) is 26.0 Å². The predicted octanol–water partition coefficient (Wildman–Crippen LogP) is 2.42. The van der Waals surface area contributed by atoms with Crippen molar-refractivity contribution in [2.45, 2.75) is 39.5 Å². The van der Waals surface area contributed by atoms with Crippen LogP contribution in [0.3, 0.4) is 0 Å². The SMILES string of the molecule is Cc1nn(CC(=O)NC(c2ccc(C(F)(F)F)cc2)C(C)C)c(=O)n1C. The highest BCUT2D eigenvalue weighted by Crippen LogP contribution is 2.31. The number of benzene rings is 1. The molecular weight excluding hydrogens is 349 g/mol. The molecule has 1 heterocycles. The van der Waals surface area contributed by atoms with Crippen molar-refractivity contribution >= 4 is 5.91 Å². The molecule has 1 amide bonds. The van der Waals surface area contributed by atoms with Crippen LogP contribution >= 0.6 is 0 Å². The summed E-state index contributed by atoms with van der Waals surface area (Å²) >= 11 is 0. The molecule has 9 heteroatoms. The van der Waals surface area contributed by atoms with Gasteiger partial charge < -0.3 is 5.32 Å². The number of hydrogen-bond acceptors (Lipinski definition) is 3. The summed E-state index contributed by atoms with van der Waals surface area (Å²) in [4.78, 5) is 24.2. The van der Waals surface area contributed by atoms with E-state index in [1.165, 1.54) is 16.7 Å². The fraction of sp³-hybridized carbons (Fsp3) is 0.471. The van der Waals surface area contributed by atoms with Gasteiger partial charge in [-0.15, -0.1) is 0 Å². The number of aryl methyl sites for hydroxylation is 1. The first kappa shape index (κ1) is 19.7. The topological polar surface area (TPSA) is 68.9 Å². The van der Waals surface area contributed by atoms with Crippen molar-refractivity contribution in [1.82, 2.24) is 19.7 Å². The highest BCUT2D eigenvalue weighted by molar-refractivity contribution is 5.76. The lowest BCUT2D eigenvalue weighted by Crippen LogP contribution is -2.37. The van der Waals surface area contributed by atoms with Gasteiger partial charge in [0.1, 0.15) is 12.4 Å². The lowest BCUT2D eigenvalue weighted by molar-refractivity contribution is -0.137. The Hall–Kier alpha value is -2.58. The molecule has 0 saturated carbocycles. The van der Waals surface area contributed by atoms with Gasteiger partial charge in [-0.2, -0.15) is 18.3 Å². The molecule has 2 aromatic rings. The third kappa shape index (κ3) is 4.33. The second-order valence-electron chi connectivity index (χ2n) is 6.46. The van der Waals surface area contributed by atoms with Gasteiger partial charge in [0, 0.05) is 7.05 Å². The summed E-state index contributed by atoms with van der Waals surface area (Å²) in [7, 11) is 1.55. The Morgan fingerprint density at radius 1 is 1.23 bits per heavy atom. The van der Waals surface area contributed by atoms with Crippen molar-refractivity contribution < 1.29 is 18.0 Å². The van der Waals surface area contributed by atoms with Crippen molar-refractivity contribution in [2.24, 2.45) is 13.0 Å². The van der Waals surface area contributed by atoms with Crippen LogP contribution in [0.5, 0.6) is 0 Å². The number of aromatic nitrogens is 3. The lowest BCUT2D eigenvalue weighted by Gasteiger charge is -2.23. The molecule has 0 aliphatic carbocycles. The monoisotopic (exact) mass is 370 g/mol. The summed E-state index contributed by atoms with van der Waals surface area (Å²) in [6.07, 6.45) is -4.41. The zero-order valence-electron chi connectivity index (χ0n) is 15.0. The maximum absolute atomic E-state index is 12.7. The van der Waals surface area contributed by atoms with E-state index >= 15 is 0 Å². The van der Waals surface area contributed by atoms with Crippen molar-refractivity contribution in [1.29, 1.82) is 0 Å². The van der Waals surface area contributed by atoms with Gasteiger partial charge in [-0.3, -0.25) is 9.36 Å². The number of rotatable bonds is 5. The summed E-state index contributed by atoms with van der Waals surface area (Å²) in [5.74, 6) is -0.0207. The predicted molar refractivity (Wildman–Crippen MR) is 89.4 cm³/mol. The fourth-order valence-corrected chi connectivity index (χ4v) is 2.57. The fourth-order valence-electron chi connectivity index (χ4n) is 2.57. The van der Waals surface area contributed by atoms with Crippen molar-refractivity contribution in [3.63, 3.8) is 0 Å². The average molecular weight is 370 g/mol. The maximum Gasteiger partial charge on any atom is 0.416 e. The van der Waals surface area contributed by atoms with E-state index in [1.54, 1.807) is 14.0 Å². The van der Waals surface area contributed by atoms with Crippen LogP contribution in [0.25, 0.3) is 0 Å². The van der Waals surface area contributed by atoms with Gasteiger partial charge in [-0.25, -0.2) is 9.48 Å². The first-order chi connectivity index (χ1) is 12.0. The van der Waals surface area contributed by atoms with Crippen LogP contribution in [-0.4, -0.2) is 20.3 Å². The van der Waals surface area contributed by atoms with Crippen LogP contribution in [0, 0.1) is 12.8 Å². The minimum absolute atomic E-state index is 0.0575. The molecule has 1 unspecified atom stereocenters. The zero-order valence-corrected chi connectivity index (χ0v) is 15.0. The minimum atomic E-state index is -4.41. The molecule has 142 valence electrons. The van der Waals surface area contributed by atoms with E-state index in [4.69, 9.17) is 0 Å². The number of carbonyl (C=O) groups excluding carboxylic acids is 1. The Morgan fingerprint density at radius 3 is 2.23 bits per heavy atom. The van der Waals surface area contributed by atoms with Crippen LogP contribution in [0.2, 0.25) is 0 Å². The van der Waals surface area contributed by atoms with Crippen LogP contribution in [-0.2, 0) is 24.6 Å². The summed E-state index contributed by atoms with van der Waals surface area (Å²) < 4.78 is 40.5. The first-order valence-corrected chi connectivity index (χ1v) is 8.07. The minimum Gasteiger partial charge on any atom is -0.347 e. The van der Waals surface area contributed by atoms with Crippen LogP contribution in [0.15, 0.2) is 29.1 Å². The Labute approximate surface area is 148 Å². The van der Waals surface area contributed by atoms with Crippen molar-refractivity contribution in [2.75, 3.05) is 0 Å². The second kappa shape index (κ2) is 7.35. The smallest absolute Gasteiger partial charge is 0.347 e. The third-order valence-electron chi connectivity index (χ3n) is 4.13. The van der Waals surface area contributed by atoms with E-state index in [0.29, 0.717) is 11.4 Å². The second-order valence-corrected chi connectivity index (χ2v) is 6.46. The Bertz CT molecular complexity index is 835. The number of nitrogens with one attached hydrogen (secondary N) is 1. The van der Waals surface area contributed by atoms with Gasteiger partial charge >= 0.3 is 11.9 Å². The molecule has 1 atom stereocenters. The van der Waals surface area contributed by atoms with Gasteiger partial charge in [-0.05, 0) is 30.5 Å². The molecule has 0 saturated heterocycles. The normalized spacial score (nSPS) is 13.1. The molecule has 0 aliphatic rings. The number of amides is 1. The van der Waals surface area contributed by atoms with E-state index in [0.717, 1.165) is 16.8 Å². The summed E-state index contributed by atoms with van der Waals surface area (Å²) in [5.41, 5.74) is -0.593. The van der Waals surface area contributed by atoms with Crippen LogP contribution in [0.4, 0.5) is 13.2 Å². The molecule has 0 bridgehead atoms. The van der Waals surface area contributed by atoms with Crippen molar-refractivity contribution in [3.8, 4) is 0 Å². The molecule has 0 aliphatic heterocycles. The molecule has 2 rings (SSSR count). The van der Waals surface area contributed by atoms with E-state index < -0.39 is 29.4 Å². The summed E-state index contributed by atoms with van der Waals surface area (Å²) in [5, 5.41) is 6.76. The number of hydrogen-bond donors (Lipinski definition) is 1. The maximum atomic E-state index is 12.7. The number of halogens is 3. The molecule has 0 fully saturated rings. The number of carbonyl (C=O) groups is 1. The van der Waals surface area contributed by atoms with Gasteiger partial charge in [0.15, 0.2) is 0 Å². The summed E-state index contributed by atoms with van der Waals surface area (Å²) in [6.45, 7) is 5.08. The van der Waals surface area contributed by atoms with E-state index in [1.807, 2.05) is 13.8 Å². The first-order valence-electron chi connectivity index (χ1n) is 8.07.